The third kappa shape index (κ3) is 5.22. The first-order chi connectivity index (χ1) is 16.7. The number of aromatic nitrogens is 2. The molecule has 10 heteroatoms. The van der Waals surface area contributed by atoms with Crippen molar-refractivity contribution >= 4 is 44.6 Å². The number of hydrogen-bond donors (Lipinski definition) is 3. The van der Waals surface area contributed by atoms with E-state index in [1.54, 1.807) is 45.2 Å². The Labute approximate surface area is 211 Å². The average Bonchev–Trinajstić information content (AvgIpc) is 2.85. The molecule has 1 aliphatic rings. The van der Waals surface area contributed by atoms with Gasteiger partial charge < -0.3 is 20.7 Å². The largest absolute Gasteiger partial charge is 0.495 e. The Hall–Kier alpha value is -2.88. The highest BCUT2D eigenvalue weighted by molar-refractivity contribution is 7.92. The second kappa shape index (κ2) is 10.4. The van der Waals surface area contributed by atoms with E-state index in [-0.39, 0.29) is 9.92 Å². The number of halogens is 1. The van der Waals surface area contributed by atoms with Crippen molar-refractivity contribution < 1.29 is 13.2 Å². The number of fused-ring (bicyclic) bond motifs is 1. The fraction of sp³-hybridized carbons (Fsp3) is 0.360. The van der Waals surface area contributed by atoms with Crippen molar-refractivity contribution in [2.24, 2.45) is 0 Å². The van der Waals surface area contributed by atoms with E-state index in [4.69, 9.17) is 16.3 Å². The summed E-state index contributed by atoms with van der Waals surface area (Å²) < 4.78 is 31.3. The van der Waals surface area contributed by atoms with Crippen LogP contribution in [0.1, 0.15) is 44.4 Å². The van der Waals surface area contributed by atoms with Crippen molar-refractivity contribution in [1.82, 2.24) is 15.3 Å². The maximum Gasteiger partial charge on any atom is 0.229 e. The molecule has 0 saturated heterocycles. The fourth-order valence-corrected chi connectivity index (χ4v) is 5.48. The number of nitrogens with one attached hydrogen (secondary N) is 3. The average molecular weight is 516 g/mol. The molecule has 2 aromatic carbocycles. The SMILES string of the molecule is CCC1NCCc2cc(Nc3ncc(Cl)c(Nc4ccccc4S(=O)(=O)C(C)C)n3)c(OC)cc21. The van der Waals surface area contributed by atoms with Crippen molar-refractivity contribution in [3.8, 4) is 5.75 Å². The molecule has 186 valence electrons. The highest BCUT2D eigenvalue weighted by Crippen LogP contribution is 2.36. The molecule has 1 aliphatic heterocycles. The molecule has 1 atom stereocenters. The van der Waals surface area contributed by atoms with Gasteiger partial charge in [-0.05, 0) is 68.6 Å². The van der Waals surface area contributed by atoms with Gasteiger partial charge in [-0.15, -0.1) is 0 Å². The molecule has 1 aromatic heterocycles. The number of ether oxygens (including phenoxy) is 1. The summed E-state index contributed by atoms with van der Waals surface area (Å²) in [5, 5.41) is 9.55. The summed E-state index contributed by atoms with van der Waals surface area (Å²) in [5.74, 6) is 1.29. The van der Waals surface area contributed by atoms with Gasteiger partial charge >= 0.3 is 0 Å². The summed E-state index contributed by atoms with van der Waals surface area (Å²) in [7, 11) is -1.88. The number of nitrogens with zero attached hydrogens (tertiary/aromatic N) is 2. The molecule has 0 saturated carbocycles. The smallest absolute Gasteiger partial charge is 0.229 e. The normalized spacial score (nSPS) is 15.5. The zero-order chi connectivity index (χ0) is 25.2. The van der Waals surface area contributed by atoms with Gasteiger partial charge in [-0.25, -0.2) is 13.4 Å². The van der Waals surface area contributed by atoms with Gasteiger partial charge in [-0.1, -0.05) is 30.7 Å². The van der Waals surface area contributed by atoms with Crippen LogP contribution in [0.4, 0.5) is 23.1 Å². The lowest BCUT2D eigenvalue weighted by molar-refractivity contribution is 0.412. The first-order valence-electron chi connectivity index (χ1n) is 11.6. The number of methoxy groups -OCH3 is 1. The Morgan fingerprint density at radius 2 is 1.97 bits per heavy atom. The van der Waals surface area contributed by atoms with Crippen molar-refractivity contribution in [3.05, 3.63) is 58.7 Å². The lowest BCUT2D eigenvalue weighted by Crippen LogP contribution is -2.29. The fourth-order valence-electron chi connectivity index (χ4n) is 4.14. The third-order valence-corrected chi connectivity index (χ3v) is 8.57. The summed E-state index contributed by atoms with van der Waals surface area (Å²) in [6.07, 6.45) is 3.38. The highest BCUT2D eigenvalue weighted by atomic mass is 35.5. The predicted octanol–water partition coefficient (Wildman–Crippen LogP) is 5.40. The van der Waals surface area contributed by atoms with Crippen LogP contribution < -0.4 is 20.7 Å². The van der Waals surface area contributed by atoms with E-state index >= 15 is 0 Å². The Bertz CT molecular complexity index is 1330. The standard InChI is InChI=1S/C25H30ClN5O3S/c1-5-19-17-13-22(34-4)21(12-16(17)10-11-27-19)30-25-28-14-18(26)24(31-25)29-20-8-6-7-9-23(20)35(32,33)15(2)3/h6-9,12-15,19,27H,5,10-11H2,1-4H3,(H2,28,29,30,31). The van der Waals surface area contributed by atoms with Crippen LogP contribution in [0.3, 0.4) is 0 Å². The minimum absolute atomic E-state index is 0.189. The Kier molecular flexibility index (Phi) is 7.49. The van der Waals surface area contributed by atoms with E-state index in [0.29, 0.717) is 29.2 Å². The number of rotatable bonds is 8. The second-order valence-corrected chi connectivity index (χ2v) is 11.5. The number of para-hydroxylation sites is 1. The summed E-state index contributed by atoms with van der Waals surface area (Å²) in [6, 6.07) is 11.1. The van der Waals surface area contributed by atoms with E-state index in [1.165, 1.54) is 17.3 Å². The van der Waals surface area contributed by atoms with Crippen molar-refractivity contribution in [2.45, 2.75) is 49.8 Å². The summed E-state index contributed by atoms with van der Waals surface area (Å²) in [4.78, 5) is 9.02. The Morgan fingerprint density at radius 3 is 2.69 bits per heavy atom. The first kappa shape index (κ1) is 25.2. The van der Waals surface area contributed by atoms with E-state index in [9.17, 15) is 8.42 Å². The zero-order valence-corrected chi connectivity index (χ0v) is 21.8. The van der Waals surface area contributed by atoms with Crippen molar-refractivity contribution in [2.75, 3.05) is 24.3 Å². The molecule has 3 aromatic rings. The first-order valence-corrected chi connectivity index (χ1v) is 13.5. The molecule has 35 heavy (non-hydrogen) atoms. The van der Waals surface area contributed by atoms with Crippen LogP contribution in [0.2, 0.25) is 5.02 Å². The van der Waals surface area contributed by atoms with Gasteiger partial charge in [0.05, 0.1) is 34.8 Å². The molecule has 0 aliphatic carbocycles. The van der Waals surface area contributed by atoms with E-state index in [1.807, 2.05) is 0 Å². The lowest BCUT2D eigenvalue weighted by Gasteiger charge is -2.27. The molecule has 0 spiro atoms. The van der Waals surface area contributed by atoms with Crippen LogP contribution in [0, 0.1) is 0 Å². The third-order valence-electron chi connectivity index (χ3n) is 6.09. The van der Waals surface area contributed by atoms with Gasteiger partial charge in [0.2, 0.25) is 5.95 Å². The Balaban J connectivity index is 1.66. The van der Waals surface area contributed by atoms with Gasteiger partial charge in [0.15, 0.2) is 15.7 Å². The van der Waals surface area contributed by atoms with Gasteiger partial charge in [0, 0.05) is 6.04 Å². The van der Waals surface area contributed by atoms with Crippen LogP contribution in [-0.2, 0) is 16.3 Å². The van der Waals surface area contributed by atoms with Crippen LogP contribution in [0.15, 0.2) is 47.5 Å². The molecule has 8 nitrogen and oxygen atoms in total. The maximum absolute atomic E-state index is 12.8. The minimum Gasteiger partial charge on any atom is -0.495 e. The number of anilines is 4. The Morgan fingerprint density at radius 1 is 1.20 bits per heavy atom. The van der Waals surface area contributed by atoms with Crippen molar-refractivity contribution in [3.63, 3.8) is 0 Å². The van der Waals surface area contributed by atoms with Gasteiger partial charge in [-0.3, -0.25) is 0 Å². The monoisotopic (exact) mass is 515 g/mol. The number of benzene rings is 2. The van der Waals surface area contributed by atoms with Crippen LogP contribution in [-0.4, -0.2) is 37.3 Å². The lowest BCUT2D eigenvalue weighted by atomic mass is 9.92. The van der Waals surface area contributed by atoms with E-state index in [2.05, 4.69) is 45.0 Å². The van der Waals surface area contributed by atoms with Gasteiger partial charge in [-0.2, -0.15) is 4.98 Å². The van der Waals surface area contributed by atoms with Crippen molar-refractivity contribution in [1.29, 1.82) is 0 Å². The zero-order valence-electron chi connectivity index (χ0n) is 20.2. The molecule has 0 radical (unpaired) electrons. The highest BCUT2D eigenvalue weighted by Gasteiger charge is 2.24. The molecular weight excluding hydrogens is 486 g/mol. The molecule has 4 rings (SSSR count). The van der Waals surface area contributed by atoms with Gasteiger partial charge in [0.25, 0.3) is 0 Å². The van der Waals surface area contributed by atoms with Crippen LogP contribution in [0.5, 0.6) is 5.75 Å². The molecule has 2 heterocycles. The van der Waals surface area contributed by atoms with Crippen LogP contribution >= 0.6 is 11.6 Å². The minimum atomic E-state index is -3.51. The molecule has 1 unspecified atom stereocenters. The van der Waals surface area contributed by atoms with Gasteiger partial charge in [0.1, 0.15) is 10.8 Å². The molecule has 0 bridgehead atoms. The molecule has 3 N–H and O–H groups in total. The molecule has 0 amide bonds. The maximum atomic E-state index is 12.8. The van der Waals surface area contributed by atoms with Crippen LogP contribution in [0.25, 0.3) is 0 Å². The topological polar surface area (TPSA) is 105 Å². The summed E-state index contributed by atoms with van der Waals surface area (Å²) >= 11 is 6.37. The summed E-state index contributed by atoms with van der Waals surface area (Å²) in [5.41, 5.74) is 3.64. The summed E-state index contributed by atoms with van der Waals surface area (Å²) in [6.45, 7) is 6.38. The number of hydrogen-bond acceptors (Lipinski definition) is 8. The van der Waals surface area contributed by atoms with E-state index < -0.39 is 15.1 Å². The molecular formula is C25H30ClN5O3S. The quantitative estimate of drug-likeness (QED) is 0.366. The molecule has 0 fully saturated rings. The predicted molar refractivity (Wildman–Crippen MR) is 140 cm³/mol. The van der Waals surface area contributed by atoms with E-state index in [0.717, 1.165) is 25.1 Å². The second-order valence-electron chi connectivity index (χ2n) is 8.65. The number of sulfone groups is 1.